The van der Waals surface area contributed by atoms with E-state index in [2.05, 4.69) is 29.1 Å². The van der Waals surface area contributed by atoms with Gasteiger partial charge in [0.25, 0.3) is 0 Å². The smallest absolute Gasteiger partial charge is 0.0764 e. The van der Waals surface area contributed by atoms with Crippen LogP contribution >= 0.6 is 0 Å². The monoisotopic (exact) mass is 244 g/mol. The summed E-state index contributed by atoms with van der Waals surface area (Å²) >= 11 is 0. The maximum atomic E-state index is 5.97. The number of hydrogen-bond acceptors (Lipinski definition) is 3. The molecule has 0 aliphatic carbocycles. The van der Waals surface area contributed by atoms with Crippen LogP contribution in [-0.2, 0) is 20.1 Å². The van der Waals surface area contributed by atoms with Crippen molar-refractivity contribution in [1.82, 2.24) is 14.7 Å². The molecule has 0 radical (unpaired) electrons. The molecule has 0 saturated carbocycles. The Hall–Kier alpha value is -1.81. The predicted molar refractivity (Wildman–Crippen MR) is 73.9 cm³/mol. The number of nitrogens with two attached hydrogens (primary N) is 1. The maximum absolute atomic E-state index is 5.97. The highest BCUT2D eigenvalue weighted by molar-refractivity contribution is 5.46. The van der Waals surface area contributed by atoms with Crippen molar-refractivity contribution < 1.29 is 0 Å². The van der Waals surface area contributed by atoms with Gasteiger partial charge in [-0.05, 0) is 24.2 Å². The second-order valence-electron chi connectivity index (χ2n) is 4.48. The second-order valence-corrected chi connectivity index (χ2v) is 4.48. The van der Waals surface area contributed by atoms with E-state index in [4.69, 9.17) is 5.73 Å². The maximum Gasteiger partial charge on any atom is 0.0764 e. The van der Waals surface area contributed by atoms with Crippen LogP contribution in [0.4, 0.5) is 5.69 Å². The quantitative estimate of drug-likeness (QED) is 0.819. The Morgan fingerprint density at radius 2 is 2.00 bits per heavy atom. The Labute approximate surface area is 108 Å². The fourth-order valence-electron chi connectivity index (χ4n) is 1.98. The molecule has 96 valence electrons. The first-order valence-electron chi connectivity index (χ1n) is 6.23. The number of para-hydroxylation sites is 1. The second kappa shape index (κ2) is 5.69. The summed E-state index contributed by atoms with van der Waals surface area (Å²) in [6.45, 7) is 4.85. The number of aromatic nitrogens is 2. The molecular weight excluding hydrogens is 224 g/mol. The fourth-order valence-corrected chi connectivity index (χ4v) is 1.98. The molecule has 0 fully saturated rings. The summed E-state index contributed by atoms with van der Waals surface area (Å²) in [5.41, 5.74) is 9.10. The molecule has 2 aromatic rings. The van der Waals surface area contributed by atoms with Gasteiger partial charge in [0.05, 0.1) is 5.69 Å². The zero-order valence-corrected chi connectivity index (χ0v) is 11.0. The van der Waals surface area contributed by atoms with Gasteiger partial charge >= 0.3 is 0 Å². The van der Waals surface area contributed by atoms with Crippen LogP contribution in [0.15, 0.2) is 36.5 Å². The summed E-state index contributed by atoms with van der Waals surface area (Å²) in [6.07, 6.45) is 1.97. The van der Waals surface area contributed by atoms with Crippen LogP contribution in [0.5, 0.6) is 0 Å². The predicted octanol–water partition coefficient (Wildman–Crippen LogP) is 2.02. The lowest BCUT2D eigenvalue weighted by molar-refractivity contribution is 0.268. The van der Waals surface area contributed by atoms with Crippen LogP contribution in [0.3, 0.4) is 0 Å². The molecule has 2 rings (SSSR count). The van der Waals surface area contributed by atoms with E-state index in [9.17, 15) is 0 Å². The third kappa shape index (κ3) is 3.11. The number of anilines is 1. The molecule has 0 unspecified atom stereocenters. The Bertz CT molecular complexity index is 504. The Morgan fingerprint density at radius 1 is 1.22 bits per heavy atom. The number of nitrogens with zero attached hydrogens (tertiary/aromatic N) is 3. The molecule has 1 heterocycles. The lowest BCUT2D eigenvalue weighted by Gasteiger charge is -2.20. The van der Waals surface area contributed by atoms with E-state index in [1.807, 2.05) is 36.1 Å². The summed E-state index contributed by atoms with van der Waals surface area (Å²) in [7, 11) is 1.94. The van der Waals surface area contributed by atoms with E-state index in [0.717, 1.165) is 31.0 Å². The van der Waals surface area contributed by atoms with Gasteiger partial charge in [0, 0.05) is 32.0 Å². The van der Waals surface area contributed by atoms with Crippen molar-refractivity contribution >= 4 is 5.69 Å². The van der Waals surface area contributed by atoms with Crippen molar-refractivity contribution in [2.24, 2.45) is 7.05 Å². The van der Waals surface area contributed by atoms with Gasteiger partial charge in [0.1, 0.15) is 0 Å². The standard InChI is InChI=1S/C14H20N4/c1-3-18(11-13-8-9-17(2)16-13)10-12-6-4-5-7-14(12)15/h4-9H,3,10-11,15H2,1-2H3. The van der Waals surface area contributed by atoms with Gasteiger partial charge in [-0.1, -0.05) is 25.1 Å². The topological polar surface area (TPSA) is 47.1 Å². The third-order valence-corrected chi connectivity index (χ3v) is 3.05. The van der Waals surface area contributed by atoms with E-state index < -0.39 is 0 Å². The minimum absolute atomic E-state index is 0.853. The van der Waals surface area contributed by atoms with Crippen molar-refractivity contribution in [2.45, 2.75) is 20.0 Å². The largest absolute Gasteiger partial charge is 0.398 e. The van der Waals surface area contributed by atoms with E-state index in [1.165, 1.54) is 5.56 Å². The highest BCUT2D eigenvalue weighted by atomic mass is 15.3. The average molecular weight is 244 g/mol. The number of aryl methyl sites for hydroxylation is 1. The van der Waals surface area contributed by atoms with Crippen LogP contribution in [0, 0.1) is 0 Å². The molecule has 0 amide bonds. The average Bonchev–Trinajstić information content (AvgIpc) is 2.76. The van der Waals surface area contributed by atoms with Crippen molar-refractivity contribution in [3.63, 3.8) is 0 Å². The van der Waals surface area contributed by atoms with Crippen LogP contribution < -0.4 is 5.73 Å². The van der Waals surface area contributed by atoms with E-state index in [-0.39, 0.29) is 0 Å². The Kier molecular flexibility index (Phi) is 3.99. The van der Waals surface area contributed by atoms with Crippen LogP contribution in [-0.4, -0.2) is 21.2 Å². The molecular formula is C14H20N4. The molecule has 0 aliphatic rings. The molecule has 0 spiro atoms. The van der Waals surface area contributed by atoms with E-state index in [0.29, 0.717) is 0 Å². The normalized spacial score (nSPS) is 11.1. The molecule has 0 atom stereocenters. The van der Waals surface area contributed by atoms with Gasteiger partial charge < -0.3 is 5.73 Å². The van der Waals surface area contributed by atoms with Crippen LogP contribution in [0.1, 0.15) is 18.2 Å². The summed E-state index contributed by atoms with van der Waals surface area (Å²) in [5.74, 6) is 0. The number of benzene rings is 1. The Morgan fingerprint density at radius 3 is 2.61 bits per heavy atom. The fraction of sp³-hybridized carbons (Fsp3) is 0.357. The zero-order chi connectivity index (χ0) is 13.0. The molecule has 0 saturated heterocycles. The first-order valence-corrected chi connectivity index (χ1v) is 6.23. The first-order chi connectivity index (χ1) is 8.69. The van der Waals surface area contributed by atoms with Gasteiger partial charge in [-0.15, -0.1) is 0 Å². The highest BCUT2D eigenvalue weighted by Crippen LogP contribution is 2.14. The van der Waals surface area contributed by atoms with Gasteiger partial charge in [-0.2, -0.15) is 5.10 Å². The molecule has 0 bridgehead atoms. The molecule has 4 nitrogen and oxygen atoms in total. The molecule has 1 aromatic carbocycles. The lowest BCUT2D eigenvalue weighted by Crippen LogP contribution is -2.23. The summed E-state index contributed by atoms with van der Waals surface area (Å²) < 4.78 is 1.83. The van der Waals surface area contributed by atoms with Crippen LogP contribution in [0.25, 0.3) is 0 Å². The molecule has 18 heavy (non-hydrogen) atoms. The number of nitrogen functional groups attached to an aromatic ring is 1. The van der Waals surface area contributed by atoms with E-state index in [1.54, 1.807) is 0 Å². The number of rotatable bonds is 5. The molecule has 2 N–H and O–H groups in total. The first kappa shape index (κ1) is 12.6. The highest BCUT2D eigenvalue weighted by Gasteiger charge is 2.08. The molecule has 0 aliphatic heterocycles. The minimum Gasteiger partial charge on any atom is -0.398 e. The summed E-state index contributed by atoms with van der Waals surface area (Å²) in [6, 6.07) is 10.1. The van der Waals surface area contributed by atoms with Crippen molar-refractivity contribution in [3.8, 4) is 0 Å². The minimum atomic E-state index is 0.853. The number of hydrogen-bond donors (Lipinski definition) is 1. The molecule has 4 heteroatoms. The van der Waals surface area contributed by atoms with Gasteiger partial charge in [-0.25, -0.2) is 0 Å². The van der Waals surface area contributed by atoms with Gasteiger partial charge in [0.15, 0.2) is 0 Å². The summed E-state index contributed by atoms with van der Waals surface area (Å²) in [4.78, 5) is 2.33. The van der Waals surface area contributed by atoms with Crippen molar-refractivity contribution in [2.75, 3.05) is 12.3 Å². The van der Waals surface area contributed by atoms with Gasteiger partial charge in [-0.3, -0.25) is 9.58 Å². The van der Waals surface area contributed by atoms with E-state index >= 15 is 0 Å². The SMILES string of the molecule is CCN(Cc1ccn(C)n1)Cc1ccccc1N. The van der Waals surface area contributed by atoms with Crippen molar-refractivity contribution in [3.05, 3.63) is 47.8 Å². The zero-order valence-electron chi connectivity index (χ0n) is 11.0. The summed E-state index contributed by atoms with van der Waals surface area (Å²) in [5, 5.41) is 4.41. The third-order valence-electron chi connectivity index (χ3n) is 3.05. The van der Waals surface area contributed by atoms with Crippen LogP contribution in [0.2, 0.25) is 0 Å². The molecule has 1 aromatic heterocycles. The van der Waals surface area contributed by atoms with Crippen molar-refractivity contribution in [1.29, 1.82) is 0 Å². The lowest BCUT2D eigenvalue weighted by atomic mass is 10.1. The van der Waals surface area contributed by atoms with Gasteiger partial charge in [0.2, 0.25) is 0 Å². The Balaban J connectivity index is 2.04.